The number of ether oxygens (including phenoxy) is 2. The maximum atomic E-state index is 13.1. The van der Waals surface area contributed by atoms with Crippen molar-refractivity contribution in [2.24, 2.45) is 0 Å². The first-order valence-electron chi connectivity index (χ1n) is 9.11. The summed E-state index contributed by atoms with van der Waals surface area (Å²) in [5.41, 5.74) is 1.01. The lowest BCUT2D eigenvalue weighted by Crippen LogP contribution is -2.35. The van der Waals surface area contributed by atoms with Gasteiger partial charge in [0.15, 0.2) is 0 Å². The van der Waals surface area contributed by atoms with Gasteiger partial charge in [0.05, 0.1) is 13.2 Å². The minimum absolute atomic E-state index is 0.0751. The molecule has 0 spiro atoms. The zero-order valence-corrected chi connectivity index (χ0v) is 15.3. The topological polar surface area (TPSA) is 76.1 Å². The van der Waals surface area contributed by atoms with Gasteiger partial charge in [-0.05, 0) is 42.0 Å². The van der Waals surface area contributed by atoms with E-state index < -0.39 is 18.4 Å². The Bertz CT molecular complexity index is 801. The van der Waals surface area contributed by atoms with E-state index in [4.69, 9.17) is 14.6 Å². The van der Waals surface area contributed by atoms with Crippen LogP contribution in [0.4, 0.5) is 4.39 Å². The van der Waals surface area contributed by atoms with Gasteiger partial charge in [-0.25, -0.2) is 4.39 Å². The van der Waals surface area contributed by atoms with Crippen molar-refractivity contribution in [3.8, 4) is 5.75 Å². The van der Waals surface area contributed by atoms with Crippen molar-refractivity contribution in [1.29, 1.82) is 0 Å². The molecule has 1 aliphatic heterocycles. The van der Waals surface area contributed by atoms with Crippen LogP contribution in [0.25, 0.3) is 0 Å². The molecule has 3 rings (SSSR count). The summed E-state index contributed by atoms with van der Waals surface area (Å²) in [5, 5.41) is 9.14. The molecule has 0 aliphatic carbocycles. The van der Waals surface area contributed by atoms with Crippen LogP contribution in [0.15, 0.2) is 48.5 Å². The molecule has 148 valence electrons. The third-order valence-electron chi connectivity index (χ3n) is 4.47. The Morgan fingerprint density at radius 3 is 2.32 bits per heavy atom. The molecule has 1 saturated heterocycles. The molecule has 6 nitrogen and oxygen atoms in total. The van der Waals surface area contributed by atoms with Crippen LogP contribution in [-0.2, 0) is 16.1 Å². The molecule has 28 heavy (non-hydrogen) atoms. The maximum Gasteiger partial charge on any atom is 0.323 e. The normalized spacial score (nSPS) is 14.5. The molecular formula is C21H22FNO5. The summed E-state index contributed by atoms with van der Waals surface area (Å²) in [4.78, 5) is 25.2. The summed E-state index contributed by atoms with van der Waals surface area (Å²) in [6.07, 6.45) is 1.74. The van der Waals surface area contributed by atoms with Crippen molar-refractivity contribution < 1.29 is 28.6 Å². The minimum atomic E-state index is -1.12. The third kappa shape index (κ3) is 5.53. The SMILES string of the molecule is O=C(O)CN(Cc1ccc(F)cc1)C(=O)c1ccc(OC2CCOCC2)cc1. The average Bonchev–Trinajstić information content (AvgIpc) is 2.70. The number of nitrogens with zero attached hydrogens (tertiary/aromatic N) is 1. The fourth-order valence-electron chi connectivity index (χ4n) is 3.02. The number of amides is 1. The van der Waals surface area contributed by atoms with E-state index in [1.165, 1.54) is 29.2 Å². The molecule has 1 fully saturated rings. The number of hydrogen-bond donors (Lipinski definition) is 1. The van der Waals surface area contributed by atoms with Gasteiger partial charge in [0.2, 0.25) is 0 Å². The van der Waals surface area contributed by atoms with Gasteiger partial charge in [0, 0.05) is 24.9 Å². The highest BCUT2D eigenvalue weighted by atomic mass is 19.1. The number of halogens is 1. The Morgan fingerprint density at radius 2 is 1.71 bits per heavy atom. The lowest BCUT2D eigenvalue weighted by molar-refractivity contribution is -0.137. The molecule has 1 N–H and O–H groups in total. The lowest BCUT2D eigenvalue weighted by atomic mass is 10.1. The minimum Gasteiger partial charge on any atom is -0.490 e. The molecular weight excluding hydrogens is 365 g/mol. The Balaban J connectivity index is 1.68. The number of hydrogen-bond acceptors (Lipinski definition) is 4. The third-order valence-corrected chi connectivity index (χ3v) is 4.47. The number of carboxylic acid groups (broad SMARTS) is 1. The quantitative estimate of drug-likeness (QED) is 0.790. The number of carbonyl (C=O) groups is 2. The van der Waals surface area contributed by atoms with Gasteiger partial charge in [-0.3, -0.25) is 9.59 Å². The molecule has 1 aliphatic rings. The largest absolute Gasteiger partial charge is 0.490 e. The van der Waals surface area contributed by atoms with Gasteiger partial charge < -0.3 is 19.5 Å². The van der Waals surface area contributed by atoms with Gasteiger partial charge >= 0.3 is 5.97 Å². The van der Waals surface area contributed by atoms with E-state index >= 15 is 0 Å². The van der Waals surface area contributed by atoms with E-state index in [1.807, 2.05) is 0 Å². The van der Waals surface area contributed by atoms with Crippen molar-refractivity contribution in [1.82, 2.24) is 4.90 Å². The van der Waals surface area contributed by atoms with Crippen LogP contribution in [0.1, 0.15) is 28.8 Å². The average molecular weight is 387 g/mol. The summed E-state index contributed by atoms with van der Waals surface area (Å²) in [6.45, 7) is 0.978. The highest BCUT2D eigenvalue weighted by Gasteiger charge is 2.20. The molecule has 0 unspecified atom stereocenters. The molecule has 0 radical (unpaired) electrons. The Kier molecular flexibility index (Phi) is 6.60. The van der Waals surface area contributed by atoms with E-state index in [0.29, 0.717) is 30.1 Å². The van der Waals surface area contributed by atoms with Crippen LogP contribution in [0.2, 0.25) is 0 Å². The van der Waals surface area contributed by atoms with Gasteiger partial charge in [-0.15, -0.1) is 0 Å². The Hall–Kier alpha value is -2.93. The predicted molar refractivity (Wildman–Crippen MR) is 99.7 cm³/mol. The summed E-state index contributed by atoms with van der Waals surface area (Å²) < 4.78 is 24.3. The van der Waals surface area contributed by atoms with Gasteiger partial charge in [-0.1, -0.05) is 12.1 Å². The summed E-state index contributed by atoms with van der Waals surface area (Å²) in [7, 11) is 0. The molecule has 0 atom stereocenters. The summed E-state index contributed by atoms with van der Waals surface area (Å²) in [6, 6.07) is 12.3. The second-order valence-corrected chi connectivity index (χ2v) is 6.64. The number of aliphatic carboxylic acids is 1. The van der Waals surface area contributed by atoms with E-state index in [2.05, 4.69) is 0 Å². The van der Waals surface area contributed by atoms with Crippen LogP contribution in [-0.4, -0.2) is 47.7 Å². The standard InChI is InChI=1S/C21H22FNO5/c22-17-5-1-15(2-6-17)13-23(14-20(24)25)21(26)16-3-7-18(8-4-16)28-19-9-11-27-12-10-19/h1-8,19H,9-14H2,(H,24,25). The van der Waals surface area contributed by atoms with Gasteiger partial charge in [-0.2, -0.15) is 0 Å². The van der Waals surface area contributed by atoms with Crippen LogP contribution in [0.5, 0.6) is 5.75 Å². The maximum absolute atomic E-state index is 13.1. The second-order valence-electron chi connectivity index (χ2n) is 6.64. The Labute approximate surface area is 162 Å². The summed E-state index contributed by atoms with van der Waals surface area (Å²) in [5.74, 6) is -1.26. The molecule has 1 amide bonds. The van der Waals surface area contributed by atoms with Gasteiger partial charge in [0.25, 0.3) is 5.91 Å². The first-order chi connectivity index (χ1) is 13.5. The van der Waals surface area contributed by atoms with Crippen molar-refractivity contribution >= 4 is 11.9 Å². The molecule has 2 aromatic carbocycles. The predicted octanol–water partition coefficient (Wildman–Crippen LogP) is 3.11. The lowest BCUT2D eigenvalue weighted by Gasteiger charge is -2.24. The molecule has 1 heterocycles. The summed E-state index contributed by atoms with van der Waals surface area (Å²) >= 11 is 0. The van der Waals surface area contributed by atoms with E-state index in [9.17, 15) is 14.0 Å². The molecule has 7 heteroatoms. The van der Waals surface area contributed by atoms with Crippen LogP contribution in [0, 0.1) is 5.82 Å². The van der Waals surface area contributed by atoms with Crippen molar-refractivity contribution in [2.45, 2.75) is 25.5 Å². The van der Waals surface area contributed by atoms with Crippen molar-refractivity contribution in [3.63, 3.8) is 0 Å². The fraction of sp³-hybridized carbons (Fsp3) is 0.333. The first-order valence-corrected chi connectivity index (χ1v) is 9.11. The van der Waals surface area contributed by atoms with Crippen molar-refractivity contribution in [2.75, 3.05) is 19.8 Å². The molecule has 0 aromatic heterocycles. The number of carboxylic acids is 1. The van der Waals surface area contributed by atoms with E-state index in [1.54, 1.807) is 24.3 Å². The van der Waals surface area contributed by atoms with Crippen molar-refractivity contribution in [3.05, 3.63) is 65.5 Å². The zero-order valence-electron chi connectivity index (χ0n) is 15.3. The first kappa shape index (κ1) is 19.8. The highest BCUT2D eigenvalue weighted by Crippen LogP contribution is 2.20. The van der Waals surface area contributed by atoms with Crippen LogP contribution < -0.4 is 4.74 Å². The van der Waals surface area contributed by atoms with E-state index in [-0.39, 0.29) is 18.5 Å². The Morgan fingerprint density at radius 1 is 1.07 bits per heavy atom. The van der Waals surface area contributed by atoms with Crippen LogP contribution in [0.3, 0.4) is 0 Å². The number of benzene rings is 2. The number of carbonyl (C=O) groups excluding carboxylic acids is 1. The smallest absolute Gasteiger partial charge is 0.323 e. The molecule has 0 saturated carbocycles. The number of rotatable bonds is 7. The molecule has 0 bridgehead atoms. The second kappa shape index (κ2) is 9.32. The van der Waals surface area contributed by atoms with Gasteiger partial charge in [0.1, 0.15) is 24.2 Å². The fourth-order valence-corrected chi connectivity index (χ4v) is 3.02. The monoisotopic (exact) mass is 387 g/mol. The molecule has 2 aromatic rings. The zero-order chi connectivity index (χ0) is 19.9. The highest BCUT2D eigenvalue weighted by molar-refractivity contribution is 5.95. The van der Waals surface area contributed by atoms with E-state index in [0.717, 1.165) is 12.8 Å². The van der Waals surface area contributed by atoms with Crippen LogP contribution >= 0.6 is 0 Å².